The predicted molar refractivity (Wildman–Crippen MR) is 115 cm³/mol. The molecule has 4 atom stereocenters. The Hall–Kier alpha value is -3.52. The molecule has 0 unspecified atom stereocenters. The number of aliphatic hydroxyl groups is 3. The van der Waals surface area contributed by atoms with E-state index in [0.717, 1.165) is 5.56 Å². The molecule has 2 amide bonds. The van der Waals surface area contributed by atoms with Crippen LogP contribution in [0.4, 0.5) is 10.6 Å². The number of hydrogen-bond acceptors (Lipinski definition) is 9. The minimum absolute atomic E-state index is 0.0547. The van der Waals surface area contributed by atoms with Crippen molar-refractivity contribution in [3.05, 3.63) is 47.9 Å². The number of nitrogens with zero attached hydrogens (tertiary/aromatic N) is 3. The molecule has 2 aromatic rings. The van der Waals surface area contributed by atoms with E-state index in [2.05, 4.69) is 20.6 Å². The van der Waals surface area contributed by atoms with Crippen LogP contribution in [0.2, 0.25) is 0 Å². The van der Waals surface area contributed by atoms with E-state index in [9.17, 15) is 24.9 Å². The molecule has 1 aliphatic rings. The van der Waals surface area contributed by atoms with Gasteiger partial charge in [0.25, 0.3) is 5.91 Å². The first-order chi connectivity index (χ1) is 15.8. The average molecular weight is 462 g/mol. The predicted octanol–water partition coefficient (Wildman–Crippen LogP) is -0.692. The van der Waals surface area contributed by atoms with Gasteiger partial charge in [0.2, 0.25) is 5.96 Å². The molecule has 7 N–H and O–H groups in total. The number of aliphatic imine (C=N–C) groups is 1. The van der Waals surface area contributed by atoms with Crippen molar-refractivity contribution in [2.45, 2.75) is 38.0 Å². The molecule has 33 heavy (non-hydrogen) atoms. The van der Waals surface area contributed by atoms with Crippen molar-refractivity contribution in [3.8, 4) is 0 Å². The van der Waals surface area contributed by atoms with Gasteiger partial charge in [-0.3, -0.25) is 14.7 Å². The maximum absolute atomic E-state index is 12.0. The number of guanidine groups is 1. The van der Waals surface area contributed by atoms with E-state index in [1.807, 2.05) is 30.3 Å². The first-order valence-electron chi connectivity index (χ1n) is 10.1. The minimum Gasteiger partial charge on any atom is -0.450 e. The van der Waals surface area contributed by atoms with Crippen LogP contribution >= 0.6 is 0 Å². The molecule has 0 aliphatic carbocycles. The number of imidazole rings is 1. The molecular weight excluding hydrogens is 436 g/mol. The highest BCUT2D eigenvalue weighted by Gasteiger charge is 2.44. The number of nitrogens with one attached hydrogen (secondary N) is 2. The number of carbonyl (C=O) groups is 2. The molecule has 0 saturated carbocycles. The van der Waals surface area contributed by atoms with Gasteiger partial charge in [-0.1, -0.05) is 30.3 Å². The molecule has 1 saturated heterocycles. The summed E-state index contributed by atoms with van der Waals surface area (Å²) in [6.45, 7) is 1.38. The van der Waals surface area contributed by atoms with E-state index in [1.165, 1.54) is 10.9 Å². The number of carbonyl (C=O) groups excluding carboxylic acids is 2. The highest BCUT2D eigenvalue weighted by Crippen LogP contribution is 2.32. The molecule has 0 spiro atoms. The van der Waals surface area contributed by atoms with Gasteiger partial charge < -0.3 is 35.8 Å². The Balaban J connectivity index is 1.94. The van der Waals surface area contributed by atoms with E-state index in [0.29, 0.717) is 0 Å². The Morgan fingerprint density at radius 1 is 1.27 bits per heavy atom. The quantitative estimate of drug-likeness (QED) is 0.228. The summed E-state index contributed by atoms with van der Waals surface area (Å²) < 4.78 is 11.6. The lowest BCUT2D eigenvalue weighted by molar-refractivity contribution is -0.0518. The fourth-order valence-corrected chi connectivity index (χ4v) is 3.21. The van der Waals surface area contributed by atoms with Crippen molar-refractivity contribution in [3.63, 3.8) is 0 Å². The number of amides is 2. The Bertz CT molecular complexity index is 996. The van der Waals surface area contributed by atoms with E-state index in [1.54, 1.807) is 6.92 Å². The van der Waals surface area contributed by atoms with Crippen LogP contribution in [0.1, 0.15) is 29.2 Å². The number of aliphatic hydroxyl groups excluding tert-OH is 3. The standard InChI is InChI=1S/C20H26N6O7/c1-2-32-20(31)25-19(22-8-11-6-4-3-5-7-11)24-17-13(16(21)30)23-10-26(17)18-15(29)14(28)12(9-27)33-18/h3-7,10,12,14-15,18,27-29H,2,8-9H2,1H3,(H2,21,30)(H2,22,24,25,31)/t12-,14-,15-,18-/m1/s1. The molecule has 0 radical (unpaired) electrons. The number of alkyl carbamates (subject to hydrolysis) is 1. The SMILES string of the molecule is CCOC(=O)NC(=NCc1ccccc1)Nc1c(C(N)=O)ncn1[C@@H]1O[C@H](CO)[C@@H](O)[C@H]1O. The summed E-state index contributed by atoms with van der Waals surface area (Å²) in [5.41, 5.74) is 6.04. The molecule has 3 rings (SSSR count). The summed E-state index contributed by atoms with van der Waals surface area (Å²) in [5.74, 6) is -1.05. The maximum Gasteiger partial charge on any atom is 0.413 e. The Kier molecular flexibility index (Phi) is 7.95. The first-order valence-corrected chi connectivity index (χ1v) is 10.1. The summed E-state index contributed by atoms with van der Waals surface area (Å²) in [6.07, 6.45) is -4.71. The van der Waals surface area contributed by atoms with E-state index >= 15 is 0 Å². The van der Waals surface area contributed by atoms with Crippen LogP contribution < -0.4 is 16.4 Å². The maximum atomic E-state index is 12.0. The first kappa shape index (κ1) is 24.1. The second-order valence-corrected chi connectivity index (χ2v) is 7.06. The summed E-state index contributed by atoms with van der Waals surface area (Å²) in [7, 11) is 0. The number of nitrogens with two attached hydrogens (primary N) is 1. The lowest BCUT2D eigenvalue weighted by atomic mass is 10.1. The normalized spacial score (nSPS) is 22.7. The third-order valence-electron chi connectivity index (χ3n) is 4.81. The largest absolute Gasteiger partial charge is 0.450 e. The molecular formula is C20H26N6O7. The smallest absolute Gasteiger partial charge is 0.413 e. The summed E-state index contributed by atoms with van der Waals surface area (Å²) in [5, 5.41) is 35.1. The van der Waals surface area contributed by atoms with Crippen LogP contribution in [0.15, 0.2) is 41.7 Å². The van der Waals surface area contributed by atoms with Gasteiger partial charge in [0.1, 0.15) is 24.1 Å². The summed E-state index contributed by atoms with van der Waals surface area (Å²) >= 11 is 0. The van der Waals surface area contributed by atoms with E-state index < -0.39 is 43.1 Å². The zero-order chi connectivity index (χ0) is 24.0. The van der Waals surface area contributed by atoms with Gasteiger partial charge in [-0.05, 0) is 12.5 Å². The van der Waals surface area contributed by atoms with Gasteiger partial charge in [0, 0.05) is 0 Å². The van der Waals surface area contributed by atoms with Crippen molar-refractivity contribution in [2.75, 3.05) is 18.5 Å². The highest BCUT2D eigenvalue weighted by molar-refractivity contribution is 6.05. The molecule has 1 aromatic heterocycles. The number of aromatic nitrogens is 2. The van der Waals surface area contributed by atoms with Crippen molar-refractivity contribution < 1.29 is 34.4 Å². The number of rotatable bonds is 7. The topological polar surface area (TPSA) is 194 Å². The van der Waals surface area contributed by atoms with Crippen LogP contribution in [-0.4, -0.2) is 74.4 Å². The van der Waals surface area contributed by atoms with Crippen molar-refractivity contribution >= 4 is 23.8 Å². The van der Waals surface area contributed by atoms with E-state index in [-0.39, 0.29) is 30.6 Å². The fraction of sp³-hybridized carbons (Fsp3) is 0.400. The van der Waals surface area contributed by atoms with Gasteiger partial charge in [-0.25, -0.2) is 14.8 Å². The van der Waals surface area contributed by atoms with Crippen LogP contribution in [0.5, 0.6) is 0 Å². The molecule has 1 fully saturated rings. The van der Waals surface area contributed by atoms with Crippen molar-refractivity contribution in [1.29, 1.82) is 0 Å². The zero-order valence-electron chi connectivity index (χ0n) is 17.8. The number of benzene rings is 1. The van der Waals surface area contributed by atoms with Gasteiger partial charge in [-0.15, -0.1) is 0 Å². The minimum atomic E-state index is -1.44. The van der Waals surface area contributed by atoms with Crippen LogP contribution in [-0.2, 0) is 16.0 Å². The van der Waals surface area contributed by atoms with Crippen molar-refractivity contribution in [1.82, 2.24) is 14.9 Å². The number of ether oxygens (including phenoxy) is 2. The van der Waals surface area contributed by atoms with Gasteiger partial charge in [0.15, 0.2) is 11.9 Å². The van der Waals surface area contributed by atoms with Gasteiger partial charge in [0.05, 0.1) is 26.1 Å². The molecule has 2 heterocycles. The lowest BCUT2D eigenvalue weighted by Crippen LogP contribution is -2.38. The summed E-state index contributed by atoms with van der Waals surface area (Å²) in [6, 6.07) is 9.19. The van der Waals surface area contributed by atoms with Gasteiger partial charge in [-0.2, -0.15) is 0 Å². The van der Waals surface area contributed by atoms with E-state index in [4.69, 9.17) is 15.2 Å². The molecule has 1 aliphatic heterocycles. The average Bonchev–Trinajstić information content (AvgIpc) is 3.33. The third-order valence-corrected chi connectivity index (χ3v) is 4.81. The molecule has 13 nitrogen and oxygen atoms in total. The second kappa shape index (κ2) is 10.9. The Morgan fingerprint density at radius 3 is 2.61 bits per heavy atom. The molecule has 13 heteroatoms. The fourth-order valence-electron chi connectivity index (χ4n) is 3.21. The third kappa shape index (κ3) is 5.64. The summed E-state index contributed by atoms with van der Waals surface area (Å²) in [4.78, 5) is 32.3. The van der Waals surface area contributed by atoms with Gasteiger partial charge >= 0.3 is 6.09 Å². The Morgan fingerprint density at radius 2 is 2.00 bits per heavy atom. The molecule has 1 aromatic carbocycles. The molecule has 0 bridgehead atoms. The number of hydrogen-bond donors (Lipinski definition) is 6. The molecule has 178 valence electrons. The highest BCUT2D eigenvalue weighted by atomic mass is 16.6. The Labute approximate surface area is 188 Å². The zero-order valence-corrected chi connectivity index (χ0v) is 17.8. The second-order valence-electron chi connectivity index (χ2n) is 7.06. The van der Waals surface area contributed by atoms with Crippen LogP contribution in [0.25, 0.3) is 0 Å². The lowest BCUT2D eigenvalue weighted by Gasteiger charge is -2.20. The van der Waals surface area contributed by atoms with Crippen LogP contribution in [0, 0.1) is 0 Å². The monoisotopic (exact) mass is 462 g/mol. The number of primary amides is 1. The van der Waals surface area contributed by atoms with Crippen molar-refractivity contribution in [2.24, 2.45) is 10.7 Å². The van der Waals surface area contributed by atoms with Crippen LogP contribution in [0.3, 0.4) is 0 Å². The number of anilines is 1.